The molecule has 2 aliphatic rings. The minimum Gasteiger partial charge on any atom is -0.486 e. The fourth-order valence-electron chi connectivity index (χ4n) is 3.08. The summed E-state index contributed by atoms with van der Waals surface area (Å²) in [6.45, 7) is 2.01. The molecule has 17 heavy (non-hydrogen) atoms. The average Bonchev–Trinajstić information content (AvgIpc) is 2.31. The number of Topliss-reactive ketones (excluding diaryl/α,β-unsaturated/α-hetero) is 1. The molecule has 1 aliphatic heterocycles. The number of carbonyl (C=O) groups excluding carboxylic acids is 1. The summed E-state index contributed by atoms with van der Waals surface area (Å²) in [5.74, 6) is 1.06. The molecule has 0 unspecified atom stereocenters. The van der Waals surface area contributed by atoms with Crippen LogP contribution in [-0.4, -0.2) is 11.4 Å². The van der Waals surface area contributed by atoms with E-state index in [1.54, 1.807) is 0 Å². The third-order valence-electron chi connectivity index (χ3n) is 4.01. The largest absolute Gasteiger partial charge is 0.486 e. The standard InChI is InChI=1S/C15H18O2/c1-11-5-6-14-12(9-11)13(16)10-15(17-14)7-3-2-4-8-15/h5-6,9H,2-4,7-8,10H2,1H3. The molecule has 0 amide bonds. The lowest BCUT2D eigenvalue weighted by Gasteiger charge is -2.40. The van der Waals surface area contributed by atoms with E-state index in [0.717, 1.165) is 29.7 Å². The van der Waals surface area contributed by atoms with Gasteiger partial charge in [-0.2, -0.15) is 0 Å². The van der Waals surface area contributed by atoms with Crippen molar-refractivity contribution in [1.82, 2.24) is 0 Å². The SMILES string of the molecule is Cc1ccc2c(c1)C(=O)CC1(CCCCC1)O2. The van der Waals surface area contributed by atoms with Crippen LogP contribution >= 0.6 is 0 Å². The highest BCUT2D eigenvalue weighted by atomic mass is 16.5. The van der Waals surface area contributed by atoms with Gasteiger partial charge in [0, 0.05) is 0 Å². The molecule has 2 nitrogen and oxygen atoms in total. The third kappa shape index (κ3) is 1.86. The minimum absolute atomic E-state index is 0.183. The molecule has 1 aromatic rings. The summed E-state index contributed by atoms with van der Waals surface area (Å²) in [5, 5.41) is 0. The van der Waals surface area contributed by atoms with Crippen molar-refractivity contribution in [1.29, 1.82) is 0 Å². The number of benzene rings is 1. The fourth-order valence-corrected chi connectivity index (χ4v) is 3.08. The Morgan fingerprint density at radius 1 is 1.18 bits per heavy atom. The van der Waals surface area contributed by atoms with Crippen LogP contribution in [0.3, 0.4) is 0 Å². The van der Waals surface area contributed by atoms with Crippen molar-refractivity contribution in [2.24, 2.45) is 0 Å². The Morgan fingerprint density at radius 2 is 1.94 bits per heavy atom. The van der Waals surface area contributed by atoms with Gasteiger partial charge in [0.2, 0.25) is 0 Å². The molecule has 0 saturated heterocycles. The van der Waals surface area contributed by atoms with Crippen molar-refractivity contribution in [2.75, 3.05) is 0 Å². The molecule has 0 bridgehead atoms. The smallest absolute Gasteiger partial charge is 0.170 e. The molecule has 0 radical (unpaired) electrons. The Morgan fingerprint density at radius 3 is 2.71 bits per heavy atom. The number of hydrogen-bond donors (Lipinski definition) is 0. The summed E-state index contributed by atoms with van der Waals surface area (Å²) >= 11 is 0. The Hall–Kier alpha value is -1.31. The van der Waals surface area contributed by atoms with Crippen LogP contribution in [0.2, 0.25) is 0 Å². The number of rotatable bonds is 0. The second-order valence-corrected chi connectivity index (χ2v) is 5.45. The van der Waals surface area contributed by atoms with E-state index in [4.69, 9.17) is 4.74 Å². The molecule has 0 atom stereocenters. The first-order valence-corrected chi connectivity index (χ1v) is 6.51. The highest BCUT2D eigenvalue weighted by Gasteiger charge is 2.41. The number of fused-ring (bicyclic) bond motifs is 1. The summed E-state index contributed by atoms with van der Waals surface area (Å²) in [6, 6.07) is 5.93. The van der Waals surface area contributed by atoms with Crippen LogP contribution in [0.1, 0.15) is 54.4 Å². The molecule has 1 aromatic carbocycles. The van der Waals surface area contributed by atoms with Crippen LogP contribution < -0.4 is 4.74 Å². The summed E-state index contributed by atoms with van der Waals surface area (Å²) in [7, 11) is 0. The van der Waals surface area contributed by atoms with Gasteiger partial charge in [0.05, 0.1) is 12.0 Å². The number of ether oxygens (including phenoxy) is 1. The van der Waals surface area contributed by atoms with Crippen molar-refractivity contribution in [2.45, 2.75) is 51.0 Å². The first kappa shape index (κ1) is 10.8. The van der Waals surface area contributed by atoms with E-state index < -0.39 is 0 Å². The van der Waals surface area contributed by atoms with Crippen LogP contribution in [0.4, 0.5) is 0 Å². The van der Waals surface area contributed by atoms with E-state index in [2.05, 4.69) is 0 Å². The molecule has 90 valence electrons. The number of ketones is 1. The lowest BCUT2D eigenvalue weighted by molar-refractivity contribution is 0.0136. The molecule has 2 heteroatoms. The monoisotopic (exact) mass is 230 g/mol. The van der Waals surface area contributed by atoms with Crippen LogP contribution in [0.15, 0.2) is 18.2 Å². The molecule has 1 heterocycles. The van der Waals surface area contributed by atoms with Crippen molar-refractivity contribution in [3.05, 3.63) is 29.3 Å². The zero-order valence-corrected chi connectivity index (χ0v) is 10.3. The van der Waals surface area contributed by atoms with Gasteiger partial charge in [-0.05, 0) is 44.7 Å². The number of aryl methyl sites for hydroxylation is 1. The van der Waals surface area contributed by atoms with E-state index in [1.807, 2.05) is 25.1 Å². The molecule has 1 saturated carbocycles. The Balaban J connectivity index is 1.97. The summed E-state index contributed by atoms with van der Waals surface area (Å²) in [5.41, 5.74) is 1.72. The average molecular weight is 230 g/mol. The van der Waals surface area contributed by atoms with Gasteiger partial charge in [-0.1, -0.05) is 18.1 Å². The molecule has 0 aromatic heterocycles. The summed E-state index contributed by atoms with van der Waals surface area (Å²) in [6.07, 6.45) is 6.30. The van der Waals surface area contributed by atoms with Crippen molar-refractivity contribution < 1.29 is 9.53 Å². The zero-order valence-electron chi connectivity index (χ0n) is 10.3. The van der Waals surface area contributed by atoms with Gasteiger partial charge < -0.3 is 4.74 Å². The normalized spacial score (nSPS) is 22.1. The Kier molecular flexibility index (Phi) is 2.46. The zero-order chi connectivity index (χ0) is 11.9. The van der Waals surface area contributed by atoms with E-state index >= 15 is 0 Å². The van der Waals surface area contributed by atoms with E-state index in [9.17, 15) is 4.79 Å². The van der Waals surface area contributed by atoms with Crippen LogP contribution in [0, 0.1) is 6.92 Å². The van der Waals surface area contributed by atoms with E-state index in [-0.39, 0.29) is 11.4 Å². The van der Waals surface area contributed by atoms with Gasteiger partial charge >= 0.3 is 0 Å². The summed E-state index contributed by atoms with van der Waals surface area (Å²) in [4.78, 5) is 12.2. The lowest BCUT2D eigenvalue weighted by atomic mass is 9.78. The van der Waals surface area contributed by atoms with Gasteiger partial charge in [-0.15, -0.1) is 0 Å². The first-order chi connectivity index (χ1) is 8.19. The molecule has 0 N–H and O–H groups in total. The molecule has 3 rings (SSSR count). The van der Waals surface area contributed by atoms with Gasteiger partial charge in [-0.25, -0.2) is 0 Å². The van der Waals surface area contributed by atoms with Gasteiger partial charge in [-0.3, -0.25) is 4.79 Å². The number of hydrogen-bond acceptors (Lipinski definition) is 2. The fraction of sp³-hybridized carbons (Fsp3) is 0.533. The highest BCUT2D eigenvalue weighted by Crippen LogP contribution is 2.41. The van der Waals surface area contributed by atoms with Crippen LogP contribution in [-0.2, 0) is 0 Å². The van der Waals surface area contributed by atoms with Gasteiger partial charge in [0.25, 0.3) is 0 Å². The first-order valence-electron chi connectivity index (χ1n) is 6.51. The van der Waals surface area contributed by atoms with E-state index in [1.165, 1.54) is 19.3 Å². The maximum absolute atomic E-state index is 12.2. The van der Waals surface area contributed by atoms with Gasteiger partial charge in [0.1, 0.15) is 11.4 Å². The second kappa shape index (κ2) is 3.86. The predicted molar refractivity (Wildman–Crippen MR) is 66.6 cm³/mol. The van der Waals surface area contributed by atoms with Crippen molar-refractivity contribution >= 4 is 5.78 Å². The predicted octanol–water partition coefficient (Wildman–Crippen LogP) is 3.66. The second-order valence-electron chi connectivity index (χ2n) is 5.45. The van der Waals surface area contributed by atoms with Crippen molar-refractivity contribution in [3.8, 4) is 5.75 Å². The lowest BCUT2D eigenvalue weighted by Crippen LogP contribution is -2.43. The quantitative estimate of drug-likeness (QED) is 0.679. The molecule has 1 aliphatic carbocycles. The Bertz CT molecular complexity index is 456. The highest BCUT2D eigenvalue weighted by molar-refractivity contribution is 6.00. The van der Waals surface area contributed by atoms with Crippen molar-refractivity contribution in [3.63, 3.8) is 0 Å². The van der Waals surface area contributed by atoms with Crippen LogP contribution in [0.5, 0.6) is 5.75 Å². The maximum Gasteiger partial charge on any atom is 0.170 e. The Labute approximate surface area is 102 Å². The van der Waals surface area contributed by atoms with Crippen LogP contribution in [0.25, 0.3) is 0 Å². The molecular weight excluding hydrogens is 212 g/mol. The number of carbonyl (C=O) groups is 1. The molecular formula is C15H18O2. The van der Waals surface area contributed by atoms with E-state index in [0.29, 0.717) is 6.42 Å². The summed E-state index contributed by atoms with van der Waals surface area (Å²) < 4.78 is 6.16. The maximum atomic E-state index is 12.2. The minimum atomic E-state index is -0.183. The molecule has 1 spiro atoms. The molecule has 1 fully saturated rings. The third-order valence-corrected chi connectivity index (χ3v) is 4.01. The van der Waals surface area contributed by atoms with Gasteiger partial charge in [0.15, 0.2) is 5.78 Å². The topological polar surface area (TPSA) is 26.3 Å².